The highest BCUT2D eigenvalue weighted by Crippen LogP contribution is 2.29. The number of anilines is 1. The number of hydrogen-bond acceptors (Lipinski definition) is 3. The molecule has 0 amide bonds. The number of nitrogens with two attached hydrogens (primary N) is 1. The first-order chi connectivity index (χ1) is 8.18. The highest BCUT2D eigenvalue weighted by Gasteiger charge is 2.15. The Labute approximate surface area is 111 Å². The van der Waals surface area contributed by atoms with Crippen LogP contribution >= 0.6 is 15.9 Å². The summed E-state index contributed by atoms with van der Waals surface area (Å²) in [7, 11) is 0. The zero-order chi connectivity index (χ0) is 12.3. The van der Waals surface area contributed by atoms with Crippen LogP contribution in [-0.2, 0) is 4.74 Å². The van der Waals surface area contributed by atoms with Gasteiger partial charge in [0, 0.05) is 35.9 Å². The molecule has 1 aromatic carbocycles. The van der Waals surface area contributed by atoms with Crippen LogP contribution in [0.5, 0.6) is 0 Å². The van der Waals surface area contributed by atoms with Crippen LogP contribution in [0.2, 0.25) is 0 Å². The van der Waals surface area contributed by atoms with Gasteiger partial charge >= 0.3 is 0 Å². The highest BCUT2D eigenvalue weighted by atomic mass is 79.9. The van der Waals surface area contributed by atoms with Crippen molar-refractivity contribution < 1.29 is 4.74 Å². The zero-order valence-corrected chi connectivity index (χ0v) is 11.7. The molecule has 2 N–H and O–H groups in total. The van der Waals surface area contributed by atoms with Crippen LogP contribution in [0.3, 0.4) is 0 Å². The molecule has 0 radical (unpaired) electrons. The number of hydrogen-bond donors (Lipinski definition) is 1. The fourth-order valence-electron chi connectivity index (χ4n) is 2.17. The van der Waals surface area contributed by atoms with E-state index in [0.717, 1.165) is 37.2 Å². The molecule has 0 aliphatic carbocycles. The lowest BCUT2D eigenvalue weighted by Gasteiger charge is -2.26. The minimum absolute atomic E-state index is 0.0478. The summed E-state index contributed by atoms with van der Waals surface area (Å²) in [5.41, 5.74) is 8.49. The van der Waals surface area contributed by atoms with E-state index in [0.29, 0.717) is 0 Å². The highest BCUT2D eigenvalue weighted by molar-refractivity contribution is 9.10. The van der Waals surface area contributed by atoms with Crippen molar-refractivity contribution in [1.82, 2.24) is 0 Å². The molecule has 1 heterocycles. The van der Waals surface area contributed by atoms with E-state index in [1.165, 1.54) is 11.3 Å². The van der Waals surface area contributed by atoms with E-state index < -0.39 is 0 Å². The number of halogens is 1. The Morgan fingerprint density at radius 1 is 1.35 bits per heavy atom. The largest absolute Gasteiger partial charge is 0.380 e. The second-order valence-corrected chi connectivity index (χ2v) is 5.36. The number of ether oxygens (including phenoxy) is 1. The molecule has 0 bridgehead atoms. The van der Waals surface area contributed by atoms with Gasteiger partial charge < -0.3 is 15.4 Å². The van der Waals surface area contributed by atoms with Crippen molar-refractivity contribution in [1.29, 1.82) is 0 Å². The van der Waals surface area contributed by atoms with E-state index in [4.69, 9.17) is 10.5 Å². The van der Waals surface area contributed by atoms with Crippen LogP contribution in [-0.4, -0.2) is 26.3 Å². The molecule has 1 atom stereocenters. The van der Waals surface area contributed by atoms with Gasteiger partial charge in [0.1, 0.15) is 0 Å². The third-order valence-electron chi connectivity index (χ3n) is 3.04. The fraction of sp³-hybridized carbons (Fsp3) is 0.538. The summed E-state index contributed by atoms with van der Waals surface area (Å²) in [6.45, 7) is 5.68. The molecule has 4 heteroatoms. The summed E-state index contributed by atoms with van der Waals surface area (Å²) < 4.78 is 6.57. The minimum Gasteiger partial charge on any atom is -0.380 e. The standard InChI is InChI=1S/C13H19BrN2O/c1-10(15)12-9-11(14)3-4-13(12)16-5-2-7-17-8-6-16/h3-4,9-10H,2,5-8,15H2,1H3. The normalized spacial score (nSPS) is 18.9. The minimum atomic E-state index is 0.0478. The van der Waals surface area contributed by atoms with Gasteiger partial charge in [0.25, 0.3) is 0 Å². The maximum atomic E-state index is 6.05. The van der Waals surface area contributed by atoms with Crippen molar-refractivity contribution in [3.8, 4) is 0 Å². The smallest absolute Gasteiger partial charge is 0.0641 e. The van der Waals surface area contributed by atoms with Crippen molar-refractivity contribution in [2.75, 3.05) is 31.2 Å². The van der Waals surface area contributed by atoms with Crippen LogP contribution in [0.25, 0.3) is 0 Å². The Kier molecular flexibility index (Phi) is 4.42. The number of benzene rings is 1. The van der Waals surface area contributed by atoms with Crippen molar-refractivity contribution >= 4 is 21.6 Å². The lowest BCUT2D eigenvalue weighted by atomic mass is 10.1. The van der Waals surface area contributed by atoms with Crippen molar-refractivity contribution in [3.05, 3.63) is 28.2 Å². The molecule has 94 valence electrons. The summed E-state index contributed by atoms with van der Waals surface area (Å²) in [4.78, 5) is 2.37. The molecule has 2 rings (SSSR count). The van der Waals surface area contributed by atoms with Gasteiger partial charge in [0.2, 0.25) is 0 Å². The molecule has 1 unspecified atom stereocenters. The first kappa shape index (κ1) is 12.9. The molecule has 0 spiro atoms. The van der Waals surface area contributed by atoms with Gasteiger partial charge in [-0.25, -0.2) is 0 Å². The second kappa shape index (κ2) is 5.85. The van der Waals surface area contributed by atoms with E-state index in [9.17, 15) is 0 Å². The molecule has 1 aliphatic heterocycles. The molecular weight excluding hydrogens is 280 g/mol. The van der Waals surface area contributed by atoms with E-state index in [1.54, 1.807) is 0 Å². The SMILES string of the molecule is CC(N)c1cc(Br)ccc1N1CCCOCC1. The second-order valence-electron chi connectivity index (χ2n) is 4.44. The molecule has 1 saturated heterocycles. The average Bonchev–Trinajstić information content (AvgIpc) is 2.57. The number of nitrogens with zero attached hydrogens (tertiary/aromatic N) is 1. The average molecular weight is 299 g/mol. The van der Waals surface area contributed by atoms with Crippen molar-refractivity contribution in [2.24, 2.45) is 5.73 Å². The molecule has 0 saturated carbocycles. The quantitative estimate of drug-likeness (QED) is 0.912. The predicted molar refractivity (Wildman–Crippen MR) is 74.4 cm³/mol. The zero-order valence-electron chi connectivity index (χ0n) is 10.2. The summed E-state index contributed by atoms with van der Waals surface area (Å²) in [5, 5.41) is 0. The van der Waals surface area contributed by atoms with E-state index in [1.807, 2.05) is 6.92 Å². The maximum absolute atomic E-state index is 6.05. The first-order valence-corrected chi connectivity index (χ1v) is 6.85. The summed E-state index contributed by atoms with van der Waals surface area (Å²) in [5.74, 6) is 0. The van der Waals surface area contributed by atoms with Crippen molar-refractivity contribution in [3.63, 3.8) is 0 Å². The fourth-order valence-corrected chi connectivity index (χ4v) is 2.54. The van der Waals surface area contributed by atoms with Crippen molar-refractivity contribution in [2.45, 2.75) is 19.4 Å². The molecule has 3 nitrogen and oxygen atoms in total. The molecule has 1 aromatic rings. The lowest BCUT2D eigenvalue weighted by Crippen LogP contribution is -2.27. The molecular formula is C13H19BrN2O. The van der Waals surface area contributed by atoms with Crippen LogP contribution in [0.4, 0.5) is 5.69 Å². The first-order valence-electron chi connectivity index (χ1n) is 6.06. The van der Waals surface area contributed by atoms with Crippen LogP contribution in [0.15, 0.2) is 22.7 Å². The van der Waals surface area contributed by atoms with E-state index >= 15 is 0 Å². The van der Waals surface area contributed by atoms with Gasteiger partial charge in [-0.1, -0.05) is 15.9 Å². The Balaban J connectivity index is 2.29. The Bertz CT molecular complexity index is 374. The topological polar surface area (TPSA) is 38.5 Å². The van der Waals surface area contributed by atoms with Gasteiger partial charge in [-0.3, -0.25) is 0 Å². The van der Waals surface area contributed by atoms with Crippen LogP contribution < -0.4 is 10.6 Å². The van der Waals surface area contributed by atoms with Gasteiger partial charge in [-0.2, -0.15) is 0 Å². The van der Waals surface area contributed by atoms with Crippen LogP contribution in [0.1, 0.15) is 24.9 Å². The third-order valence-corrected chi connectivity index (χ3v) is 3.54. The summed E-state index contributed by atoms with van der Waals surface area (Å²) in [6.07, 6.45) is 1.08. The Hall–Kier alpha value is -0.580. The summed E-state index contributed by atoms with van der Waals surface area (Å²) >= 11 is 3.51. The Morgan fingerprint density at radius 2 is 2.18 bits per heavy atom. The predicted octanol–water partition coefficient (Wildman–Crippen LogP) is 2.70. The molecule has 17 heavy (non-hydrogen) atoms. The van der Waals surface area contributed by atoms with Gasteiger partial charge in [-0.05, 0) is 37.1 Å². The molecule has 1 aliphatic rings. The van der Waals surface area contributed by atoms with Gasteiger partial charge in [0.05, 0.1) is 6.61 Å². The monoisotopic (exact) mass is 298 g/mol. The van der Waals surface area contributed by atoms with Crippen LogP contribution in [0, 0.1) is 0 Å². The van der Waals surface area contributed by atoms with E-state index in [2.05, 4.69) is 39.0 Å². The third kappa shape index (κ3) is 3.21. The summed E-state index contributed by atoms with van der Waals surface area (Å²) in [6, 6.07) is 6.39. The Morgan fingerprint density at radius 3 is 2.94 bits per heavy atom. The van der Waals surface area contributed by atoms with E-state index in [-0.39, 0.29) is 6.04 Å². The molecule has 0 aromatic heterocycles. The molecule has 1 fully saturated rings. The van der Waals surface area contributed by atoms with Gasteiger partial charge in [0.15, 0.2) is 0 Å². The maximum Gasteiger partial charge on any atom is 0.0641 e. The number of rotatable bonds is 2. The van der Waals surface area contributed by atoms with Gasteiger partial charge in [-0.15, -0.1) is 0 Å². The lowest BCUT2D eigenvalue weighted by molar-refractivity contribution is 0.152.